The summed E-state index contributed by atoms with van der Waals surface area (Å²) in [6, 6.07) is 0. The molecular formula is C23H46O. The van der Waals surface area contributed by atoms with E-state index < -0.39 is 0 Å². The van der Waals surface area contributed by atoms with E-state index in [0.717, 1.165) is 18.8 Å². The van der Waals surface area contributed by atoms with E-state index in [9.17, 15) is 0 Å². The normalized spacial score (nSPS) is 10.9. The maximum absolute atomic E-state index is 5.76. The summed E-state index contributed by atoms with van der Waals surface area (Å²) < 4.78 is 5.76. The van der Waals surface area contributed by atoms with Crippen molar-refractivity contribution in [1.82, 2.24) is 0 Å². The first-order valence-electron chi connectivity index (χ1n) is 11.1. The highest BCUT2D eigenvalue weighted by Gasteiger charge is 1.98. The lowest BCUT2D eigenvalue weighted by Crippen LogP contribution is -1.95. The van der Waals surface area contributed by atoms with Gasteiger partial charge in [-0.2, -0.15) is 0 Å². The van der Waals surface area contributed by atoms with Crippen LogP contribution in [0.15, 0.2) is 12.3 Å². The molecule has 1 nitrogen and oxygen atoms in total. The number of hydrogen-bond acceptors (Lipinski definition) is 1. The first kappa shape index (κ1) is 23.5. The van der Waals surface area contributed by atoms with Gasteiger partial charge in [0, 0.05) is 6.42 Å². The highest BCUT2D eigenvalue weighted by molar-refractivity contribution is 4.81. The summed E-state index contributed by atoms with van der Waals surface area (Å²) in [4.78, 5) is 0. The molecule has 0 rings (SSSR count). The van der Waals surface area contributed by atoms with Crippen molar-refractivity contribution in [2.24, 2.45) is 0 Å². The van der Waals surface area contributed by atoms with Crippen molar-refractivity contribution < 1.29 is 4.74 Å². The molecule has 0 radical (unpaired) electrons. The molecule has 0 aliphatic heterocycles. The van der Waals surface area contributed by atoms with E-state index >= 15 is 0 Å². The fourth-order valence-electron chi connectivity index (χ4n) is 3.16. The van der Waals surface area contributed by atoms with Crippen LogP contribution >= 0.6 is 0 Å². The van der Waals surface area contributed by atoms with E-state index in [1.165, 1.54) is 109 Å². The number of allylic oxidation sites excluding steroid dienone is 1. The Bertz CT molecular complexity index is 246. The van der Waals surface area contributed by atoms with E-state index in [1.807, 2.05) is 0 Å². The highest BCUT2D eigenvalue weighted by atomic mass is 16.5. The van der Waals surface area contributed by atoms with Gasteiger partial charge in [-0.15, -0.1) is 0 Å². The molecule has 144 valence electrons. The fourth-order valence-corrected chi connectivity index (χ4v) is 3.16. The fraction of sp³-hybridized carbons (Fsp3) is 0.913. The minimum Gasteiger partial charge on any atom is -0.499 e. The van der Waals surface area contributed by atoms with Crippen molar-refractivity contribution in [3.05, 3.63) is 12.3 Å². The molecule has 1 heteroatoms. The quantitative estimate of drug-likeness (QED) is 0.159. The highest BCUT2D eigenvalue weighted by Crippen LogP contribution is 2.14. The second kappa shape index (κ2) is 20.6. The van der Waals surface area contributed by atoms with Gasteiger partial charge in [-0.3, -0.25) is 0 Å². The molecule has 0 spiro atoms. The van der Waals surface area contributed by atoms with Crippen LogP contribution in [-0.2, 0) is 4.74 Å². The third-order valence-electron chi connectivity index (χ3n) is 4.86. The Morgan fingerprint density at radius 1 is 0.542 bits per heavy atom. The molecule has 0 unspecified atom stereocenters. The SMILES string of the molecule is C=C(CCCCCCCCCCCC)OCCCCCCCCC. The lowest BCUT2D eigenvalue weighted by molar-refractivity contribution is 0.195. The molecule has 0 aliphatic rings. The number of hydrogen-bond donors (Lipinski definition) is 0. The molecule has 0 saturated carbocycles. The largest absolute Gasteiger partial charge is 0.499 e. The molecule has 0 bridgehead atoms. The third kappa shape index (κ3) is 19.6. The second-order valence-corrected chi connectivity index (χ2v) is 7.44. The molecule has 0 heterocycles. The summed E-state index contributed by atoms with van der Waals surface area (Å²) >= 11 is 0. The first-order chi connectivity index (χ1) is 11.8. The summed E-state index contributed by atoms with van der Waals surface area (Å²) in [6.45, 7) is 9.50. The maximum atomic E-state index is 5.76. The summed E-state index contributed by atoms with van der Waals surface area (Å²) in [7, 11) is 0. The van der Waals surface area contributed by atoms with Crippen LogP contribution in [0.3, 0.4) is 0 Å². The molecule has 24 heavy (non-hydrogen) atoms. The zero-order valence-corrected chi connectivity index (χ0v) is 17.1. The van der Waals surface area contributed by atoms with Crippen LogP contribution in [0, 0.1) is 0 Å². The Morgan fingerprint density at radius 2 is 0.917 bits per heavy atom. The summed E-state index contributed by atoms with van der Waals surface area (Å²) in [5.41, 5.74) is 0. The summed E-state index contributed by atoms with van der Waals surface area (Å²) in [5, 5.41) is 0. The smallest absolute Gasteiger partial charge is 0.0888 e. The molecule has 0 atom stereocenters. The number of unbranched alkanes of at least 4 members (excludes halogenated alkanes) is 15. The van der Waals surface area contributed by atoms with Gasteiger partial charge in [0.15, 0.2) is 0 Å². The zero-order valence-electron chi connectivity index (χ0n) is 17.1. The van der Waals surface area contributed by atoms with Gasteiger partial charge >= 0.3 is 0 Å². The lowest BCUT2D eigenvalue weighted by Gasteiger charge is -2.09. The zero-order chi connectivity index (χ0) is 17.7. The topological polar surface area (TPSA) is 9.23 Å². The average Bonchev–Trinajstić information content (AvgIpc) is 2.59. The van der Waals surface area contributed by atoms with E-state index in [4.69, 9.17) is 4.74 Å². The van der Waals surface area contributed by atoms with E-state index in [1.54, 1.807) is 0 Å². The molecule has 0 N–H and O–H groups in total. The van der Waals surface area contributed by atoms with Crippen molar-refractivity contribution in [2.75, 3.05) is 6.61 Å². The number of ether oxygens (including phenoxy) is 1. The summed E-state index contributed by atoms with van der Waals surface area (Å²) in [5.74, 6) is 1.01. The Labute approximate surface area is 153 Å². The van der Waals surface area contributed by atoms with Crippen molar-refractivity contribution >= 4 is 0 Å². The van der Waals surface area contributed by atoms with Crippen LogP contribution < -0.4 is 0 Å². The molecular weight excluding hydrogens is 292 g/mol. The minimum atomic E-state index is 0.879. The molecule has 0 aromatic carbocycles. The van der Waals surface area contributed by atoms with E-state index in [-0.39, 0.29) is 0 Å². The Kier molecular flexibility index (Phi) is 20.2. The molecule has 0 aromatic rings. The van der Waals surface area contributed by atoms with Crippen molar-refractivity contribution in [2.45, 2.75) is 129 Å². The van der Waals surface area contributed by atoms with E-state index in [0.29, 0.717) is 0 Å². The van der Waals surface area contributed by atoms with Crippen LogP contribution in [-0.4, -0.2) is 6.61 Å². The molecule has 0 fully saturated rings. The van der Waals surface area contributed by atoms with Crippen LogP contribution in [0.2, 0.25) is 0 Å². The Hall–Kier alpha value is -0.460. The lowest BCUT2D eigenvalue weighted by atomic mass is 10.1. The van der Waals surface area contributed by atoms with Gasteiger partial charge in [0.2, 0.25) is 0 Å². The van der Waals surface area contributed by atoms with Gasteiger partial charge in [0.1, 0.15) is 0 Å². The Balaban J connectivity index is 3.13. The van der Waals surface area contributed by atoms with Gasteiger partial charge in [-0.25, -0.2) is 0 Å². The molecule has 0 aliphatic carbocycles. The first-order valence-corrected chi connectivity index (χ1v) is 11.1. The monoisotopic (exact) mass is 338 g/mol. The predicted molar refractivity (Wildman–Crippen MR) is 110 cm³/mol. The molecule has 0 saturated heterocycles. The van der Waals surface area contributed by atoms with Crippen molar-refractivity contribution in [3.63, 3.8) is 0 Å². The maximum Gasteiger partial charge on any atom is 0.0888 e. The van der Waals surface area contributed by atoms with Crippen LogP contribution in [0.25, 0.3) is 0 Å². The minimum absolute atomic E-state index is 0.879. The molecule has 0 amide bonds. The van der Waals surface area contributed by atoms with Gasteiger partial charge in [0.25, 0.3) is 0 Å². The van der Waals surface area contributed by atoms with Gasteiger partial charge in [0.05, 0.1) is 12.4 Å². The van der Waals surface area contributed by atoms with Gasteiger partial charge < -0.3 is 4.74 Å². The average molecular weight is 339 g/mol. The van der Waals surface area contributed by atoms with Crippen LogP contribution in [0.1, 0.15) is 129 Å². The van der Waals surface area contributed by atoms with Crippen LogP contribution in [0.5, 0.6) is 0 Å². The van der Waals surface area contributed by atoms with Crippen molar-refractivity contribution in [3.8, 4) is 0 Å². The summed E-state index contributed by atoms with van der Waals surface area (Å²) in [6.07, 6.45) is 24.4. The number of rotatable bonds is 20. The third-order valence-corrected chi connectivity index (χ3v) is 4.86. The van der Waals surface area contributed by atoms with Crippen molar-refractivity contribution in [1.29, 1.82) is 0 Å². The van der Waals surface area contributed by atoms with E-state index in [2.05, 4.69) is 20.4 Å². The second-order valence-electron chi connectivity index (χ2n) is 7.44. The Morgan fingerprint density at radius 3 is 1.38 bits per heavy atom. The van der Waals surface area contributed by atoms with Gasteiger partial charge in [-0.1, -0.05) is 117 Å². The predicted octanol–water partition coefficient (Wildman–Crippen LogP) is 8.58. The standard InChI is InChI=1S/C23H46O/c1-4-6-8-10-12-13-14-15-17-19-21-23(3)24-22-20-18-16-11-9-7-5-2/h3-22H2,1-2H3. The molecule has 0 aromatic heterocycles. The van der Waals surface area contributed by atoms with Gasteiger partial charge in [-0.05, 0) is 12.8 Å². The van der Waals surface area contributed by atoms with Crippen LogP contribution in [0.4, 0.5) is 0 Å².